The summed E-state index contributed by atoms with van der Waals surface area (Å²) in [5, 5.41) is 7.42. The van der Waals surface area contributed by atoms with Crippen LogP contribution in [-0.2, 0) is 6.54 Å². The monoisotopic (exact) mass is 279 g/mol. The van der Waals surface area contributed by atoms with E-state index in [4.69, 9.17) is 4.74 Å². The van der Waals surface area contributed by atoms with Crippen molar-refractivity contribution in [2.45, 2.75) is 65.0 Å². The standard InChI is InChI=1S/C15H25N3O2/c1-3-18-11-13(15(17-18)20-4-2)14(19)16-12-9-7-5-6-8-10-12/h11-12H,3-10H2,1-2H3,(H,16,19). The molecule has 1 aliphatic rings. The first-order valence-electron chi connectivity index (χ1n) is 7.75. The van der Waals surface area contributed by atoms with Gasteiger partial charge in [0.1, 0.15) is 5.56 Å². The minimum absolute atomic E-state index is 0.0555. The van der Waals surface area contributed by atoms with Crippen LogP contribution in [0.2, 0.25) is 0 Å². The number of aryl methyl sites for hydroxylation is 1. The van der Waals surface area contributed by atoms with Crippen molar-refractivity contribution in [2.75, 3.05) is 6.61 Å². The number of hydrogen-bond donors (Lipinski definition) is 1. The van der Waals surface area contributed by atoms with Crippen molar-refractivity contribution in [3.05, 3.63) is 11.8 Å². The zero-order chi connectivity index (χ0) is 14.4. The number of nitrogens with zero attached hydrogens (tertiary/aromatic N) is 2. The molecule has 0 saturated heterocycles. The van der Waals surface area contributed by atoms with E-state index in [2.05, 4.69) is 10.4 Å². The number of ether oxygens (including phenoxy) is 1. The average molecular weight is 279 g/mol. The second kappa shape index (κ2) is 7.31. The molecule has 1 heterocycles. The summed E-state index contributed by atoms with van der Waals surface area (Å²) < 4.78 is 7.20. The maximum atomic E-state index is 12.4. The van der Waals surface area contributed by atoms with Gasteiger partial charge in [0.25, 0.3) is 5.91 Å². The SMILES string of the molecule is CCOc1nn(CC)cc1C(=O)NC1CCCCCC1. The summed E-state index contributed by atoms with van der Waals surface area (Å²) in [6.45, 7) is 5.15. The largest absolute Gasteiger partial charge is 0.476 e. The number of nitrogens with one attached hydrogen (secondary N) is 1. The van der Waals surface area contributed by atoms with Crippen molar-refractivity contribution in [3.63, 3.8) is 0 Å². The fourth-order valence-electron chi connectivity index (χ4n) is 2.65. The van der Waals surface area contributed by atoms with Gasteiger partial charge >= 0.3 is 0 Å². The maximum absolute atomic E-state index is 12.4. The Morgan fingerprint density at radius 2 is 2.05 bits per heavy atom. The predicted octanol–water partition coefficient (Wildman–Crippen LogP) is 2.75. The summed E-state index contributed by atoms with van der Waals surface area (Å²) in [6.07, 6.45) is 8.91. The molecule has 0 radical (unpaired) electrons. The van der Waals surface area contributed by atoms with Crippen molar-refractivity contribution in [3.8, 4) is 5.88 Å². The summed E-state index contributed by atoms with van der Waals surface area (Å²) >= 11 is 0. The first-order valence-corrected chi connectivity index (χ1v) is 7.75. The molecule has 1 aromatic heterocycles. The molecule has 0 unspecified atom stereocenters. The molecule has 1 fully saturated rings. The quantitative estimate of drug-likeness (QED) is 0.843. The summed E-state index contributed by atoms with van der Waals surface area (Å²) in [7, 11) is 0. The summed E-state index contributed by atoms with van der Waals surface area (Å²) in [4.78, 5) is 12.4. The van der Waals surface area contributed by atoms with Crippen LogP contribution in [0, 0.1) is 0 Å². The summed E-state index contributed by atoms with van der Waals surface area (Å²) in [6, 6.07) is 0.296. The van der Waals surface area contributed by atoms with Gasteiger partial charge in [0.15, 0.2) is 0 Å². The van der Waals surface area contributed by atoms with Gasteiger partial charge in [-0.15, -0.1) is 5.10 Å². The molecule has 2 rings (SSSR count). The number of aromatic nitrogens is 2. The zero-order valence-electron chi connectivity index (χ0n) is 12.5. The molecule has 5 heteroatoms. The third kappa shape index (κ3) is 3.74. The second-order valence-electron chi connectivity index (χ2n) is 5.30. The minimum atomic E-state index is -0.0555. The molecule has 1 amide bonds. The van der Waals surface area contributed by atoms with E-state index in [-0.39, 0.29) is 5.91 Å². The first-order chi connectivity index (χ1) is 9.74. The third-order valence-electron chi connectivity index (χ3n) is 3.77. The van der Waals surface area contributed by atoms with Crippen LogP contribution in [0.4, 0.5) is 0 Å². The van der Waals surface area contributed by atoms with Crippen LogP contribution >= 0.6 is 0 Å². The number of rotatable bonds is 5. The molecule has 0 bridgehead atoms. The highest BCUT2D eigenvalue weighted by atomic mass is 16.5. The Kier molecular flexibility index (Phi) is 5.44. The van der Waals surface area contributed by atoms with Gasteiger partial charge in [-0.3, -0.25) is 9.48 Å². The minimum Gasteiger partial charge on any atom is -0.476 e. The number of hydrogen-bond acceptors (Lipinski definition) is 3. The van der Waals surface area contributed by atoms with Crippen molar-refractivity contribution < 1.29 is 9.53 Å². The van der Waals surface area contributed by atoms with E-state index < -0.39 is 0 Å². The topological polar surface area (TPSA) is 56.2 Å². The molecule has 112 valence electrons. The highest BCUT2D eigenvalue weighted by Crippen LogP contribution is 2.20. The van der Waals surface area contributed by atoms with Crippen LogP contribution in [0.1, 0.15) is 62.7 Å². The average Bonchev–Trinajstić information content (AvgIpc) is 2.68. The lowest BCUT2D eigenvalue weighted by Crippen LogP contribution is -2.34. The third-order valence-corrected chi connectivity index (χ3v) is 3.77. The molecule has 1 N–H and O–H groups in total. The van der Waals surface area contributed by atoms with E-state index in [0.29, 0.717) is 24.1 Å². The zero-order valence-corrected chi connectivity index (χ0v) is 12.5. The Morgan fingerprint density at radius 1 is 1.35 bits per heavy atom. The van der Waals surface area contributed by atoms with Gasteiger partial charge in [-0.05, 0) is 26.7 Å². The highest BCUT2D eigenvalue weighted by molar-refractivity contribution is 5.96. The highest BCUT2D eigenvalue weighted by Gasteiger charge is 2.21. The number of carbonyl (C=O) groups is 1. The second-order valence-corrected chi connectivity index (χ2v) is 5.30. The van der Waals surface area contributed by atoms with Gasteiger partial charge in [0.2, 0.25) is 5.88 Å². The van der Waals surface area contributed by atoms with E-state index in [1.54, 1.807) is 10.9 Å². The van der Waals surface area contributed by atoms with Crippen LogP contribution in [0.5, 0.6) is 5.88 Å². The van der Waals surface area contributed by atoms with E-state index in [1.165, 1.54) is 25.7 Å². The lowest BCUT2D eigenvalue weighted by molar-refractivity contribution is 0.0929. The van der Waals surface area contributed by atoms with E-state index in [0.717, 1.165) is 19.4 Å². The number of carbonyl (C=O) groups excluding carboxylic acids is 1. The molecular formula is C15H25N3O2. The molecule has 0 atom stereocenters. The molecule has 20 heavy (non-hydrogen) atoms. The van der Waals surface area contributed by atoms with E-state index >= 15 is 0 Å². The van der Waals surface area contributed by atoms with Gasteiger partial charge in [-0.25, -0.2) is 0 Å². The molecule has 0 aromatic carbocycles. The van der Waals surface area contributed by atoms with Crippen LogP contribution in [-0.4, -0.2) is 28.3 Å². The first kappa shape index (κ1) is 14.9. The predicted molar refractivity (Wildman–Crippen MR) is 78.0 cm³/mol. The molecule has 1 aliphatic carbocycles. The smallest absolute Gasteiger partial charge is 0.258 e. The lowest BCUT2D eigenvalue weighted by Gasteiger charge is -2.15. The van der Waals surface area contributed by atoms with Crippen molar-refractivity contribution in [1.82, 2.24) is 15.1 Å². The Labute approximate surface area is 120 Å². The molecule has 1 aromatic rings. The van der Waals surface area contributed by atoms with E-state index in [1.807, 2.05) is 13.8 Å². The Hall–Kier alpha value is -1.52. The lowest BCUT2D eigenvalue weighted by atomic mass is 10.1. The van der Waals surface area contributed by atoms with Crippen molar-refractivity contribution in [1.29, 1.82) is 0 Å². The fraction of sp³-hybridized carbons (Fsp3) is 0.733. The van der Waals surface area contributed by atoms with Crippen LogP contribution in [0.15, 0.2) is 6.20 Å². The van der Waals surface area contributed by atoms with Gasteiger partial charge in [-0.2, -0.15) is 0 Å². The fourth-order valence-corrected chi connectivity index (χ4v) is 2.65. The Morgan fingerprint density at radius 3 is 2.65 bits per heavy atom. The van der Waals surface area contributed by atoms with Crippen LogP contribution in [0.3, 0.4) is 0 Å². The Bertz CT molecular complexity index is 434. The van der Waals surface area contributed by atoms with Gasteiger partial charge in [-0.1, -0.05) is 25.7 Å². The summed E-state index contributed by atoms with van der Waals surface area (Å²) in [5.41, 5.74) is 0.554. The molecule has 5 nitrogen and oxygen atoms in total. The van der Waals surface area contributed by atoms with Gasteiger partial charge in [0, 0.05) is 18.8 Å². The van der Waals surface area contributed by atoms with Gasteiger partial charge < -0.3 is 10.1 Å². The van der Waals surface area contributed by atoms with Gasteiger partial charge in [0.05, 0.1) is 6.61 Å². The maximum Gasteiger partial charge on any atom is 0.258 e. The molecule has 0 spiro atoms. The normalized spacial score (nSPS) is 16.7. The number of amides is 1. The van der Waals surface area contributed by atoms with Crippen molar-refractivity contribution >= 4 is 5.91 Å². The molecular weight excluding hydrogens is 254 g/mol. The van der Waals surface area contributed by atoms with Crippen LogP contribution in [0.25, 0.3) is 0 Å². The van der Waals surface area contributed by atoms with E-state index in [9.17, 15) is 4.79 Å². The van der Waals surface area contributed by atoms with Crippen LogP contribution < -0.4 is 10.1 Å². The van der Waals surface area contributed by atoms with Crippen molar-refractivity contribution in [2.24, 2.45) is 0 Å². The molecule has 0 aliphatic heterocycles. The Balaban J connectivity index is 2.05. The molecule has 1 saturated carbocycles. The summed E-state index contributed by atoms with van der Waals surface area (Å²) in [5.74, 6) is 0.389.